The molecule has 0 bridgehead atoms. The van der Waals surface area contributed by atoms with Gasteiger partial charge in [-0.1, -0.05) is 6.58 Å². The number of nitrogens with zero attached hydrogens (tertiary/aromatic N) is 4. The molecular weight excluding hydrogens is 276 g/mol. The molecule has 0 aliphatic rings. The minimum absolute atomic E-state index is 0.00245. The maximum Gasteiger partial charge on any atom is 0.322 e. The van der Waals surface area contributed by atoms with Crippen molar-refractivity contribution < 1.29 is 14.4 Å². The number of nitro groups is 1. The molecule has 0 spiro atoms. The molecule has 108 valence electrons. The predicted molar refractivity (Wildman–Crippen MR) is 74.2 cm³/mol. The normalized spacial score (nSPS) is 10.0. The van der Waals surface area contributed by atoms with Gasteiger partial charge in [0.1, 0.15) is 0 Å². The summed E-state index contributed by atoms with van der Waals surface area (Å²) in [6.45, 7) is 3.89. The van der Waals surface area contributed by atoms with Crippen LogP contribution in [-0.2, 0) is 0 Å². The van der Waals surface area contributed by atoms with Gasteiger partial charge in [0.2, 0.25) is 0 Å². The highest BCUT2D eigenvalue weighted by molar-refractivity contribution is 5.74. The van der Waals surface area contributed by atoms with Crippen LogP contribution < -0.4 is 9.47 Å². The summed E-state index contributed by atoms with van der Waals surface area (Å²) < 4.78 is 9.92. The van der Waals surface area contributed by atoms with Gasteiger partial charge in [-0.05, 0) is 17.7 Å². The average molecular weight is 288 g/mol. The molecule has 21 heavy (non-hydrogen) atoms. The lowest BCUT2D eigenvalue weighted by Crippen LogP contribution is -2.03. The van der Waals surface area contributed by atoms with E-state index in [1.54, 1.807) is 12.1 Å². The number of benzene rings is 1. The fourth-order valence-corrected chi connectivity index (χ4v) is 1.57. The minimum atomic E-state index is -0.471. The van der Waals surface area contributed by atoms with Crippen LogP contribution in [0.3, 0.4) is 0 Å². The Morgan fingerprint density at radius 1 is 1.10 bits per heavy atom. The lowest BCUT2D eigenvalue weighted by Gasteiger charge is -2.07. The maximum absolute atomic E-state index is 10.6. The van der Waals surface area contributed by atoms with E-state index in [0.717, 1.165) is 0 Å². The number of hydrogen-bond acceptors (Lipinski definition) is 7. The van der Waals surface area contributed by atoms with E-state index < -0.39 is 4.92 Å². The Balaban J connectivity index is 2.37. The topological polar surface area (TPSA) is 100 Å². The standard InChI is InChI=1S/C13H12N4O4/c1-8(9-4-6-10(7-5-9)17(18)19)11-14-12(20-2)16-13(15-11)21-3/h4-7H,1H2,2-3H3. The van der Waals surface area contributed by atoms with Crippen LogP contribution in [0.5, 0.6) is 12.0 Å². The van der Waals surface area contributed by atoms with E-state index in [-0.39, 0.29) is 23.5 Å². The summed E-state index contributed by atoms with van der Waals surface area (Å²) in [5.41, 5.74) is 1.12. The molecule has 1 aromatic carbocycles. The molecule has 0 saturated heterocycles. The molecule has 2 rings (SSSR count). The number of methoxy groups -OCH3 is 2. The number of nitro benzene ring substituents is 1. The molecule has 0 radical (unpaired) electrons. The van der Waals surface area contributed by atoms with Gasteiger partial charge in [-0.25, -0.2) is 0 Å². The lowest BCUT2D eigenvalue weighted by atomic mass is 10.1. The molecule has 2 aromatic rings. The highest BCUT2D eigenvalue weighted by Gasteiger charge is 2.13. The molecule has 0 aliphatic heterocycles. The summed E-state index contributed by atoms with van der Waals surface area (Å²) in [4.78, 5) is 22.2. The van der Waals surface area contributed by atoms with E-state index in [1.165, 1.54) is 26.4 Å². The molecule has 1 aromatic heterocycles. The van der Waals surface area contributed by atoms with Crippen molar-refractivity contribution in [2.24, 2.45) is 0 Å². The lowest BCUT2D eigenvalue weighted by molar-refractivity contribution is -0.384. The molecule has 0 saturated carbocycles. The first-order chi connectivity index (χ1) is 10.0. The number of rotatable bonds is 5. The quantitative estimate of drug-likeness (QED) is 0.611. The van der Waals surface area contributed by atoms with Crippen molar-refractivity contribution in [3.63, 3.8) is 0 Å². The van der Waals surface area contributed by atoms with Crippen molar-refractivity contribution in [1.29, 1.82) is 0 Å². The van der Waals surface area contributed by atoms with Gasteiger partial charge in [0.15, 0.2) is 5.82 Å². The zero-order valence-corrected chi connectivity index (χ0v) is 11.4. The Labute approximate surface area is 120 Å². The van der Waals surface area contributed by atoms with Crippen molar-refractivity contribution in [1.82, 2.24) is 15.0 Å². The summed E-state index contributed by atoms with van der Waals surface area (Å²) in [6.07, 6.45) is 0. The first kappa shape index (κ1) is 14.4. The van der Waals surface area contributed by atoms with E-state index >= 15 is 0 Å². The van der Waals surface area contributed by atoms with Crippen LogP contribution in [-0.4, -0.2) is 34.1 Å². The summed E-state index contributed by atoms with van der Waals surface area (Å²) in [5, 5.41) is 10.6. The second-order valence-electron chi connectivity index (χ2n) is 3.91. The second-order valence-corrected chi connectivity index (χ2v) is 3.91. The van der Waals surface area contributed by atoms with Gasteiger partial charge in [-0.2, -0.15) is 9.97 Å². The molecule has 0 aliphatic carbocycles. The Morgan fingerprint density at radius 2 is 1.62 bits per heavy atom. The number of non-ortho nitro benzene ring substituents is 1. The van der Waals surface area contributed by atoms with Crippen LogP contribution in [0.25, 0.3) is 5.57 Å². The molecule has 8 heteroatoms. The van der Waals surface area contributed by atoms with E-state index in [9.17, 15) is 10.1 Å². The first-order valence-electron chi connectivity index (χ1n) is 5.83. The molecule has 0 unspecified atom stereocenters. The number of ether oxygens (including phenoxy) is 2. The summed E-state index contributed by atoms with van der Waals surface area (Å²) >= 11 is 0. The SMILES string of the molecule is C=C(c1ccc([N+](=O)[O-])cc1)c1nc(OC)nc(OC)n1. The Bertz CT molecular complexity index is 663. The van der Waals surface area contributed by atoms with Gasteiger partial charge in [0.05, 0.1) is 19.1 Å². The molecular formula is C13H12N4O4. The third-order valence-corrected chi connectivity index (χ3v) is 2.66. The van der Waals surface area contributed by atoms with E-state index in [4.69, 9.17) is 9.47 Å². The minimum Gasteiger partial charge on any atom is -0.467 e. The predicted octanol–water partition coefficient (Wildman–Crippen LogP) is 1.86. The third kappa shape index (κ3) is 3.11. The summed E-state index contributed by atoms with van der Waals surface area (Å²) in [7, 11) is 2.85. The van der Waals surface area contributed by atoms with Gasteiger partial charge in [0.25, 0.3) is 5.69 Å². The molecule has 0 atom stereocenters. The maximum atomic E-state index is 10.6. The molecule has 1 heterocycles. The second kappa shape index (κ2) is 5.95. The van der Waals surface area contributed by atoms with Crippen LogP contribution in [0.15, 0.2) is 30.8 Å². The van der Waals surface area contributed by atoms with Crippen molar-refractivity contribution in [2.75, 3.05) is 14.2 Å². The van der Waals surface area contributed by atoms with Crippen molar-refractivity contribution in [2.45, 2.75) is 0 Å². The van der Waals surface area contributed by atoms with E-state index in [1.807, 2.05) is 0 Å². The molecule has 0 amide bonds. The Morgan fingerprint density at radius 3 is 2.05 bits per heavy atom. The zero-order chi connectivity index (χ0) is 15.4. The Hall–Kier alpha value is -3.03. The summed E-state index contributed by atoms with van der Waals surface area (Å²) in [6, 6.07) is 6.11. The average Bonchev–Trinajstić information content (AvgIpc) is 2.53. The third-order valence-electron chi connectivity index (χ3n) is 2.66. The van der Waals surface area contributed by atoms with Gasteiger partial charge in [0, 0.05) is 17.7 Å². The molecule has 0 fully saturated rings. The zero-order valence-electron chi connectivity index (χ0n) is 11.4. The van der Waals surface area contributed by atoms with Crippen LogP contribution in [0.2, 0.25) is 0 Å². The van der Waals surface area contributed by atoms with E-state index in [2.05, 4.69) is 21.5 Å². The van der Waals surface area contributed by atoms with Gasteiger partial charge >= 0.3 is 12.0 Å². The highest BCUT2D eigenvalue weighted by atomic mass is 16.6. The van der Waals surface area contributed by atoms with Crippen LogP contribution in [0, 0.1) is 10.1 Å². The largest absolute Gasteiger partial charge is 0.467 e. The Kier molecular flexibility index (Phi) is 4.07. The van der Waals surface area contributed by atoms with Crippen molar-refractivity contribution in [3.05, 3.63) is 52.3 Å². The van der Waals surface area contributed by atoms with Crippen LogP contribution in [0.4, 0.5) is 5.69 Å². The van der Waals surface area contributed by atoms with Crippen molar-refractivity contribution >= 4 is 11.3 Å². The van der Waals surface area contributed by atoms with Crippen molar-refractivity contribution in [3.8, 4) is 12.0 Å². The fourth-order valence-electron chi connectivity index (χ4n) is 1.57. The highest BCUT2D eigenvalue weighted by Crippen LogP contribution is 2.23. The first-order valence-corrected chi connectivity index (χ1v) is 5.83. The smallest absolute Gasteiger partial charge is 0.322 e. The molecule has 0 N–H and O–H groups in total. The number of aromatic nitrogens is 3. The summed E-state index contributed by atoms with van der Waals surface area (Å²) in [5.74, 6) is 0.271. The van der Waals surface area contributed by atoms with Gasteiger partial charge in [-0.15, -0.1) is 4.98 Å². The van der Waals surface area contributed by atoms with Crippen LogP contribution in [0.1, 0.15) is 11.4 Å². The fraction of sp³-hybridized carbons (Fsp3) is 0.154. The van der Waals surface area contributed by atoms with Gasteiger partial charge in [-0.3, -0.25) is 10.1 Å². The monoisotopic (exact) mass is 288 g/mol. The van der Waals surface area contributed by atoms with Crippen LogP contribution >= 0.6 is 0 Å². The van der Waals surface area contributed by atoms with Gasteiger partial charge < -0.3 is 9.47 Å². The number of hydrogen-bond donors (Lipinski definition) is 0. The molecule has 8 nitrogen and oxygen atoms in total. The van der Waals surface area contributed by atoms with E-state index in [0.29, 0.717) is 11.1 Å².